The number of aryl methyl sites for hydroxylation is 2. The number of hydrogen-bond acceptors (Lipinski definition) is 5. The van der Waals surface area contributed by atoms with Gasteiger partial charge in [0.05, 0.1) is 0 Å². The smallest absolute Gasteiger partial charge is 0.320 e. The normalized spacial score (nSPS) is 10.9. The Bertz CT molecular complexity index is 1250. The van der Waals surface area contributed by atoms with E-state index in [9.17, 15) is 9.59 Å². The number of nitrogens with zero attached hydrogens (tertiary/aromatic N) is 4. The van der Waals surface area contributed by atoms with Gasteiger partial charge in [-0.15, -0.1) is 0 Å². The molecule has 0 amide bonds. The lowest BCUT2D eigenvalue weighted by atomic mass is 10.1. The molecule has 2 aromatic carbocycles. The van der Waals surface area contributed by atoms with Crippen LogP contribution in [0, 0.1) is 13.8 Å². The molecule has 28 heavy (non-hydrogen) atoms. The van der Waals surface area contributed by atoms with Gasteiger partial charge in [-0.3, -0.25) is 18.7 Å². The zero-order valence-electron chi connectivity index (χ0n) is 15.5. The van der Waals surface area contributed by atoms with Gasteiger partial charge in [0.2, 0.25) is 11.7 Å². The quantitative estimate of drug-likeness (QED) is 0.513. The summed E-state index contributed by atoms with van der Waals surface area (Å²) in [5.41, 5.74) is 2.49. The van der Waals surface area contributed by atoms with E-state index in [0.717, 1.165) is 11.1 Å². The lowest BCUT2D eigenvalue weighted by Crippen LogP contribution is -2.40. The van der Waals surface area contributed by atoms with Gasteiger partial charge in [-0.05, 0) is 43.2 Å². The maximum atomic E-state index is 12.5. The van der Waals surface area contributed by atoms with E-state index in [0.29, 0.717) is 11.5 Å². The Hall–Kier alpha value is -3.74. The molecule has 0 spiro atoms. The number of hydrogen-bond donors (Lipinski definition) is 0. The third-order valence-corrected chi connectivity index (χ3v) is 4.63. The number of para-hydroxylation sites is 1. The summed E-state index contributed by atoms with van der Waals surface area (Å²) in [6, 6.07) is 14.9. The first-order chi connectivity index (χ1) is 13.5. The fourth-order valence-electron chi connectivity index (χ4n) is 2.89. The number of benzene rings is 2. The highest BCUT2D eigenvalue weighted by molar-refractivity contribution is 5.56. The molecule has 2 aromatic heterocycles. The van der Waals surface area contributed by atoms with Crippen molar-refractivity contribution in [1.82, 2.24) is 19.3 Å². The van der Waals surface area contributed by atoms with Crippen molar-refractivity contribution >= 4 is 0 Å². The van der Waals surface area contributed by atoms with E-state index in [1.54, 1.807) is 30.5 Å². The molecule has 0 unspecified atom stereocenters. The van der Waals surface area contributed by atoms with Gasteiger partial charge in [0.25, 0.3) is 0 Å². The van der Waals surface area contributed by atoms with Gasteiger partial charge < -0.3 is 4.52 Å². The largest absolute Gasteiger partial charge is 0.337 e. The third-order valence-electron chi connectivity index (χ3n) is 4.63. The first-order valence-electron chi connectivity index (χ1n) is 8.80. The van der Waals surface area contributed by atoms with Gasteiger partial charge >= 0.3 is 11.1 Å². The molecule has 4 aromatic rings. The third kappa shape index (κ3) is 3.29. The second-order valence-electron chi connectivity index (χ2n) is 6.55. The summed E-state index contributed by atoms with van der Waals surface area (Å²) in [6.45, 7) is 4.08. The summed E-state index contributed by atoms with van der Waals surface area (Å²) in [4.78, 5) is 29.3. The topological polar surface area (TPSA) is 82.9 Å². The van der Waals surface area contributed by atoms with Crippen molar-refractivity contribution in [1.29, 1.82) is 0 Å². The average molecular weight is 374 g/mol. The summed E-state index contributed by atoms with van der Waals surface area (Å²) in [6.07, 6.45) is 3.09. The van der Waals surface area contributed by atoms with Crippen LogP contribution in [0.4, 0.5) is 0 Å². The Morgan fingerprint density at radius 3 is 2.46 bits per heavy atom. The van der Waals surface area contributed by atoms with Crippen molar-refractivity contribution < 1.29 is 4.52 Å². The van der Waals surface area contributed by atoms with Crippen LogP contribution >= 0.6 is 0 Å². The van der Waals surface area contributed by atoms with Crippen LogP contribution in [0.15, 0.2) is 75.0 Å². The molecule has 0 bridgehead atoms. The van der Waals surface area contributed by atoms with Crippen LogP contribution in [0.25, 0.3) is 17.1 Å². The molecule has 0 saturated heterocycles. The van der Waals surface area contributed by atoms with Crippen LogP contribution in [-0.4, -0.2) is 19.3 Å². The maximum absolute atomic E-state index is 12.5. The fourth-order valence-corrected chi connectivity index (χ4v) is 2.89. The van der Waals surface area contributed by atoms with Crippen molar-refractivity contribution in [2.45, 2.75) is 20.4 Å². The minimum Gasteiger partial charge on any atom is -0.337 e. The molecule has 0 aliphatic carbocycles. The molecule has 4 rings (SSSR count). The van der Waals surface area contributed by atoms with E-state index in [2.05, 4.69) is 10.1 Å². The molecule has 0 aliphatic heterocycles. The minimum atomic E-state index is -0.655. The summed E-state index contributed by atoms with van der Waals surface area (Å²) in [7, 11) is 0. The molecule has 7 nitrogen and oxygen atoms in total. The van der Waals surface area contributed by atoms with Gasteiger partial charge in [-0.1, -0.05) is 35.5 Å². The molecular formula is C21H18N4O3. The van der Waals surface area contributed by atoms with E-state index in [4.69, 9.17) is 4.52 Å². The van der Waals surface area contributed by atoms with E-state index >= 15 is 0 Å². The van der Waals surface area contributed by atoms with Crippen LogP contribution < -0.4 is 11.1 Å². The van der Waals surface area contributed by atoms with Gasteiger partial charge in [-0.25, -0.2) is 0 Å². The van der Waals surface area contributed by atoms with Crippen LogP contribution in [0.2, 0.25) is 0 Å². The highest BCUT2D eigenvalue weighted by Crippen LogP contribution is 2.19. The molecule has 0 saturated carbocycles. The lowest BCUT2D eigenvalue weighted by molar-refractivity contribution is 0.369. The van der Waals surface area contributed by atoms with Crippen LogP contribution in [0.1, 0.15) is 17.0 Å². The van der Waals surface area contributed by atoms with E-state index < -0.39 is 11.1 Å². The summed E-state index contributed by atoms with van der Waals surface area (Å²) >= 11 is 0. The number of rotatable bonds is 4. The van der Waals surface area contributed by atoms with Crippen molar-refractivity contribution in [3.05, 3.63) is 98.6 Å². The Balaban J connectivity index is 1.63. The first kappa shape index (κ1) is 17.7. The predicted molar refractivity (Wildman–Crippen MR) is 105 cm³/mol. The number of aromatic nitrogens is 4. The zero-order chi connectivity index (χ0) is 19.7. The van der Waals surface area contributed by atoms with Crippen molar-refractivity contribution in [2.24, 2.45) is 0 Å². The second-order valence-corrected chi connectivity index (χ2v) is 6.55. The average Bonchev–Trinajstić information content (AvgIpc) is 3.17. The molecule has 7 heteroatoms. The monoisotopic (exact) mass is 374 g/mol. The lowest BCUT2D eigenvalue weighted by Gasteiger charge is -2.07. The molecule has 2 heterocycles. The zero-order valence-corrected chi connectivity index (χ0v) is 15.5. The predicted octanol–water partition coefficient (Wildman–Crippen LogP) is 2.71. The Morgan fingerprint density at radius 2 is 1.71 bits per heavy atom. The maximum Gasteiger partial charge on any atom is 0.320 e. The highest BCUT2D eigenvalue weighted by Gasteiger charge is 2.12. The Labute approximate surface area is 160 Å². The van der Waals surface area contributed by atoms with Gasteiger partial charge in [-0.2, -0.15) is 4.98 Å². The van der Waals surface area contributed by atoms with E-state index in [-0.39, 0.29) is 12.4 Å². The van der Waals surface area contributed by atoms with Gasteiger partial charge in [0, 0.05) is 23.6 Å². The molecule has 0 atom stereocenters. The molecular weight excluding hydrogens is 356 g/mol. The molecule has 0 aliphatic rings. The summed E-state index contributed by atoms with van der Waals surface area (Å²) < 4.78 is 7.85. The van der Waals surface area contributed by atoms with Crippen LogP contribution in [-0.2, 0) is 6.54 Å². The minimum absolute atomic E-state index is 0.0293. The Kier molecular flexibility index (Phi) is 4.49. The van der Waals surface area contributed by atoms with Gasteiger partial charge in [0.1, 0.15) is 6.54 Å². The molecule has 0 fully saturated rings. The standard InChI is InChI=1S/C21H18N4O3/c1-14-8-9-16(12-15(14)2)19-22-18(28-23-19)13-24-10-11-25(21(27)20(24)26)17-6-4-3-5-7-17/h3-12H,13H2,1-2H3. The molecule has 0 N–H and O–H groups in total. The van der Waals surface area contributed by atoms with Crippen LogP contribution in [0.5, 0.6) is 0 Å². The molecule has 0 radical (unpaired) electrons. The van der Waals surface area contributed by atoms with E-state index in [1.165, 1.54) is 20.9 Å². The van der Waals surface area contributed by atoms with Gasteiger partial charge in [0.15, 0.2) is 0 Å². The fraction of sp³-hybridized carbons (Fsp3) is 0.143. The van der Waals surface area contributed by atoms with Crippen molar-refractivity contribution in [3.63, 3.8) is 0 Å². The summed E-state index contributed by atoms with van der Waals surface area (Å²) in [5.74, 6) is 0.705. The first-order valence-corrected chi connectivity index (χ1v) is 8.80. The van der Waals surface area contributed by atoms with Crippen molar-refractivity contribution in [3.8, 4) is 17.1 Å². The molecule has 140 valence electrons. The van der Waals surface area contributed by atoms with Crippen LogP contribution in [0.3, 0.4) is 0 Å². The second kappa shape index (κ2) is 7.11. The highest BCUT2D eigenvalue weighted by atomic mass is 16.5. The SMILES string of the molecule is Cc1ccc(-c2noc(Cn3ccn(-c4ccccc4)c(=O)c3=O)n2)cc1C. The summed E-state index contributed by atoms with van der Waals surface area (Å²) in [5, 5.41) is 3.99. The van der Waals surface area contributed by atoms with E-state index in [1.807, 2.05) is 38.1 Å². The Morgan fingerprint density at radius 1 is 0.929 bits per heavy atom. The van der Waals surface area contributed by atoms with Crippen molar-refractivity contribution in [2.75, 3.05) is 0 Å².